The fourth-order valence-electron chi connectivity index (χ4n) is 2.93. The summed E-state index contributed by atoms with van der Waals surface area (Å²) >= 11 is 0. The standard InChI is InChI=1S/C19H32O3S.K/c1-2-3-4-5-6-7-8-9-10-11-12-15-18-16-13-14-17-19(18)23(20,21)22;/h13-14,16-17H,2-12,15H2,1H3,(H,20,21,22);/q;+1/p-1. The Kier molecular flexibility index (Phi) is 15.4. The molecule has 0 spiro atoms. The van der Waals surface area contributed by atoms with Gasteiger partial charge in [-0.2, -0.15) is 0 Å². The first kappa shape index (κ1) is 24.8. The van der Waals surface area contributed by atoms with Crippen molar-refractivity contribution in [3.63, 3.8) is 0 Å². The van der Waals surface area contributed by atoms with Gasteiger partial charge in [0.1, 0.15) is 10.1 Å². The van der Waals surface area contributed by atoms with Crippen molar-refractivity contribution in [1.29, 1.82) is 0 Å². The molecule has 24 heavy (non-hydrogen) atoms. The zero-order valence-electron chi connectivity index (χ0n) is 15.4. The van der Waals surface area contributed by atoms with Crippen LogP contribution in [0.1, 0.15) is 83.1 Å². The number of benzene rings is 1. The summed E-state index contributed by atoms with van der Waals surface area (Å²) < 4.78 is 33.6. The van der Waals surface area contributed by atoms with Crippen molar-refractivity contribution in [3.8, 4) is 0 Å². The van der Waals surface area contributed by atoms with E-state index < -0.39 is 10.1 Å². The molecule has 0 saturated carbocycles. The van der Waals surface area contributed by atoms with Crippen LogP contribution in [0.4, 0.5) is 0 Å². The molecule has 1 aromatic rings. The van der Waals surface area contributed by atoms with Gasteiger partial charge in [-0.1, -0.05) is 89.3 Å². The maximum absolute atomic E-state index is 11.2. The smallest absolute Gasteiger partial charge is 0.744 e. The van der Waals surface area contributed by atoms with Crippen LogP contribution >= 0.6 is 0 Å². The molecule has 3 nitrogen and oxygen atoms in total. The van der Waals surface area contributed by atoms with Crippen molar-refractivity contribution >= 4 is 10.1 Å². The molecule has 0 saturated heterocycles. The Morgan fingerprint density at radius 2 is 1.25 bits per heavy atom. The van der Waals surface area contributed by atoms with Crippen LogP contribution in [0.5, 0.6) is 0 Å². The molecule has 0 unspecified atom stereocenters. The van der Waals surface area contributed by atoms with Crippen LogP contribution in [0.2, 0.25) is 0 Å². The Balaban J connectivity index is 0.00000529. The third-order valence-electron chi connectivity index (χ3n) is 4.29. The molecule has 0 radical (unpaired) electrons. The Morgan fingerprint density at radius 1 is 0.792 bits per heavy atom. The van der Waals surface area contributed by atoms with E-state index in [0.717, 1.165) is 12.8 Å². The van der Waals surface area contributed by atoms with E-state index in [2.05, 4.69) is 6.92 Å². The van der Waals surface area contributed by atoms with Gasteiger partial charge in [0.15, 0.2) is 0 Å². The van der Waals surface area contributed by atoms with Gasteiger partial charge in [0.05, 0.1) is 4.90 Å². The Morgan fingerprint density at radius 3 is 1.75 bits per heavy atom. The minimum Gasteiger partial charge on any atom is -0.744 e. The molecule has 0 amide bonds. The summed E-state index contributed by atoms with van der Waals surface area (Å²) in [5.74, 6) is 0. The van der Waals surface area contributed by atoms with Crippen molar-refractivity contribution in [1.82, 2.24) is 0 Å². The SMILES string of the molecule is CCCCCCCCCCCCCc1ccccc1S(=O)(=O)[O-].[K+]. The van der Waals surface area contributed by atoms with Crippen LogP contribution in [-0.4, -0.2) is 13.0 Å². The van der Waals surface area contributed by atoms with Crippen molar-refractivity contribution in [2.24, 2.45) is 0 Å². The van der Waals surface area contributed by atoms with Gasteiger partial charge in [0, 0.05) is 0 Å². The van der Waals surface area contributed by atoms with E-state index in [9.17, 15) is 13.0 Å². The van der Waals surface area contributed by atoms with Gasteiger partial charge in [0.25, 0.3) is 0 Å². The molecular weight excluding hydrogens is 347 g/mol. The molecular formula is C19H31KO3S. The van der Waals surface area contributed by atoms with E-state index in [-0.39, 0.29) is 56.3 Å². The summed E-state index contributed by atoms with van der Waals surface area (Å²) in [7, 11) is -4.35. The summed E-state index contributed by atoms with van der Waals surface area (Å²) in [5, 5.41) is 0. The third kappa shape index (κ3) is 11.4. The van der Waals surface area contributed by atoms with Gasteiger partial charge in [0.2, 0.25) is 0 Å². The quantitative estimate of drug-likeness (QED) is 0.301. The maximum atomic E-state index is 11.2. The Labute approximate surface area is 191 Å². The maximum Gasteiger partial charge on any atom is 1.00 e. The van der Waals surface area contributed by atoms with Crippen LogP contribution in [-0.2, 0) is 16.5 Å². The van der Waals surface area contributed by atoms with Crippen LogP contribution < -0.4 is 51.4 Å². The molecule has 132 valence electrons. The molecule has 0 fully saturated rings. The van der Waals surface area contributed by atoms with Crippen LogP contribution in [0.25, 0.3) is 0 Å². The predicted octanol–water partition coefficient (Wildman–Crippen LogP) is 2.45. The molecule has 0 aliphatic carbocycles. The van der Waals surface area contributed by atoms with Gasteiger partial charge in [-0.15, -0.1) is 0 Å². The second kappa shape index (κ2) is 14.9. The van der Waals surface area contributed by atoms with Crippen LogP contribution in [0, 0.1) is 0 Å². The summed E-state index contributed by atoms with van der Waals surface area (Å²) in [6.07, 6.45) is 14.6. The van der Waals surface area contributed by atoms with Gasteiger partial charge in [-0.25, -0.2) is 8.42 Å². The monoisotopic (exact) mass is 378 g/mol. The molecule has 0 aliphatic rings. The number of hydrogen-bond acceptors (Lipinski definition) is 3. The Bertz CT molecular complexity index is 529. The number of unbranched alkanes of at least 4 members (excludes halogenated alkanes) is 10. The molecule has 1 rings (SSSR count). The first-order chi connectivity index (χ1) is 11.1. The van der Waals surface area contributed by atoms with E-state index in [1.165, 1.54) is 63.9 Å². The zero-order chi connectivity index (χ0) is 17.0. The fourth-order valence-corrected chi connectivity index (χ4v) is 3.67. The molecule has 0 aliphatic heterocycles. The van der Waals surface area contributed by atoms with Crippen molar-refractivity contribution in [3.05, 3.63) is 29.8 Å². The topological polar surface area (TPSA) is 57.2 Å². The minimum absolute atomic E-state index is 0. The Hall–Kier alpha value is 0.766. The molecule has 0 aromatic heterocycles. The molecule has 5 heteroatoms. The normalized spacial score (nSPS) is 11.2. The van der Waals surface area contributed by atoms with Gasteiger partial charge in [-0.05, 0) is 24.5 Å². The summed E-state index contributed by atoms with van der Waals surface area (Å²) in [6, 6.07) is 6.56. The predicted molar refractivity (Wildman–Crippen MR) is 94.6 cm³/mol. The summed E-state index contributed by atoms with van der Waals surface area (Å²) in [6.45, 7) is 2.24. The average Bonchev–Trinajstić information content (AvgIpc) is 2.52. The molecule has 1 aromatic carbocycles. The first-order valence-corrected chi connectivity index (χ1v) is 10.5. The second-order valence-electron chi connectivity index (χ2n) is 6.35. The zero-order valence-corrected chi connectivity index (χ0v) is 19.4. The van der Waals surface area contributed by atoms with Gasteiger partial charge in [-0.3, -0.25) is 0 Å². The first-order valence-electron chi connectivity index (χ1n) is 9.09. The molecule has 0 heterocycles. The van der Waals surface area contributed by atoms with Crippen LogP contribution in [0.15, 0.2) is 29.2 Å². The number of aryl methyl sites for hydroxylation is 1. The largest absolute Gasteiger partial charge is 1.00 e. The van der Waals surface area contributed by atoms with Crippen LogP contribution in [0.3, 0.4) is 0 Å². The van der Waals surface area contributed by atoms with Gasteiger partial charge < -0.3 is 4.55 Å². The van der Waals surface area contributed by atoms with E-state index >= 15 is 0 Å². The number of hydrogen-bond donors (Lipinski definition) is 0. The van der Waals surface area contributed by atoms with E-state index in [0.29, 0.717) is 12.0 Å². The van der Waals surface area contributed by atoms with E-state index in [1.54, 1.807) is 18.2 Å². The van der Waals surface area contributed by atoms with Crippen molar-refractivity contribution < 1.29 is 64.4 Å². The van der Waals surface area contributed by atoms with Crippen molar-refractivity contribution in [2.75, 3.05) is 0 Å². The van der Waals surface area contributed by atoms with E-state index in [4.69, 9.17) is 0 Å². The summed E-state index contributed by atoms with van der Waals surface area (Å²) in [5.41, 5.74) is 0.665. The molecule has 0 bridgehead atoms. The number of rotatable bonds is 13. The van der Waals surface area contributed by atoms with E-state index in [1.807, 2.05) is 0 Å². The molecule has 0 N–H and O–H groups in total. The third-order valence-corrected chi connectivity index (χ3v) is 5.23. The minimum atomic E-state index is -4.35. The summed E-state index contributed by atoms with van der Waals surface area (Å²) in [4.78, 5) is -0.0490. The molecule has 0 atom stereocenters. The van der Waals surface area contributed by atoms with Crippen molar-refractivity contribution in [2.45, 2.75) is 88.9 Å². The van der Waals surface area contributed by atoms with Gasteiger partial charge >= 0.3 is 51.4 Å². The second-order valence-corrected chi connectivity index (χ2v) is 7.70. The fraction of sp³-hybridized carbons (Fsp3) is 0.684. The average molecular weight is 379 g/mol.